The van der Waals surface area contributed by atoms with E-state index in [4.69, 9.17) is 9.84 Å². The molecule has 1 amide bonds. The minimum absolute atomic E-state index is 0.121. The average Bonchev–Trinajstić information content (AvgIpc) is 2.81. The van der Waals surface area contributed by atoms with Gasteiger partial charge in [-0.3, -0.25) is 4.79 Å². The van der Waals surface area contributed by atoms with E-state index < -0.39 is 5.97 Å². The molecule has 1 aromatic carbocycles. The lowest BCUT2D eigenvalue weighted by atomic mass is 9.98. The van der Waals surface area contributed by atoms with E-state index in [-0.39, 0.29) is 18.4 Å². The molecule has 0 bridgehead atoms. The molecule has 5 nitrogen and oxygen atoms in total. The van der Waals surface area contributed by atoms with Crippen LogP contribution in [0.4, 0.5) is 5.69 Å². The smallest absolute Gasteiger partial charge is 0.341 e. The van der Waals surface area contributed by atoms with Gasteiger partial charge in [0.15, 0.2) is 6.61 Å². The van der Waals surface area contributed by atoms with Gasteiger partial charge >= 0.3 is 5.97 Å². The van der Waals surface area contributed by atoms with E-state index in [1.807, 2.05) is 0 Å². The van der Waals surface area contributed by atoms with Crippen molar-refractivity contribution in [2.75, 3.05) is 18.6 Å². The second-order valence-corrected chi connectivity index (χ2v) is 5.76. The van der Waals surface area contributed by atoms with E-state index in [1.54, 1.807) is 36.2 Å². The highest BCUT2D eigenvalue weighted by Gasteiger charge is 2.23. The van der Waals surface area contributed by atoms with Crippen LogP contribution in [0.5, 0.6) is 5.75 Å². The Labute approximate surface area is 130 Å². The molecule has 1 N–H and O–H groups in total. The van der Waals surface area contributed by atoms with Crippen LogP contribution in [0.25, 0.3) is 0 Å². The van der Waals surface area contributed by atoms with Crippen molar-refractivity contribution in [3.8, 4) is 5.75 Å². The number of carbonyl (C=O) groups is 2. The van der Waals surface area contributed by atoms with Crippen molar-refractivity contribution in [2.24, 2.45) is 5.92 Å². The van der Waals surface area contributed by atoms with Gasteiger partial charge in [0.05, 0.1) is 0 Å². The van der Waals surface area contributed by atoms with Crippen molar-refractivity contribution in [1.29, 1.82) is 0 Å². The SMILES string of the molecule is CN(C(=O)C1CCCCCC1)c1ccc(OCC(=O)O)cc1. The Morgan fingerprint density at radius 3 is 2.27 bits per heavy atom. The summed E-state index contributed by atoms with van der Waals surface area (Å²) in [5, 5.41) is 8.58. The average molecular weight is 305 g/mol. The molecule has 1 aliphatic carbocycles. The maximum Gasteiger partial charge on any atom is 0.341 e. The Bertz CT molecular complexity index is 504. The van der Waals surface area contributed by atoms with Gasteiger partial charge in [-0.2, -0.15) is 0 Å². The van der Waals surface area contributed by atoms with Gasteiger partial charge in [0, 0.05) is 18.7 Å². The van der Waals surface area contributed by atoms with Crippen LogP contribution in [0.2, 0.25) is 0 Å². The first kappa shape index (κ1) is 16.3. The van der Waals surface area contributed by atoms with E-state index >= 15 is 0 Å². The maximum atomic E-state index is 12.6. The van der Waals surface area contributed by atoms with Crippen LogP contribution in [-0.4, -0.2) is 30.6 Å². The Balaban J connectivity index is 1.97. The third-order valence-electron chi connectivity index (χ3n) is 4.12. The minimum Gasteiger partial charge on any atom is -0.482 e. The molecule has 2 rings (SSSR count). The molecule has 0 radical (unpaired) electrons. The number of carboxylic acid groups (broad SMARTS) is 1. The monoisotopic (exact) mass is 305 g/mol. The molecule has 22 heavy (non-hydrogen) atoms. The van der Waals surface area contributed by atoms with E-state index in [1.165, 1.54) is 12.8 Å². The molecule has 0 aliphatic heterocycles. The van der Waals surface area contributed by atoms with Gasteiger partial charge in [0.25, 0.3) is 0 Å². The van der Waals surface area contributed by atoms with E-state index in [2.05, 4.69) is 0 Å². The summed E-state index contributed by atoms with van der Waals surface area (Å²) in [5.74, 6) is -0.234. The molecule has 0 saturated heterocycles. The first-order valence-electron chi connectivity index (χ1n) is 7.80. The third-order valence-corrected chi connectivity index (χ3v) is 4.12. The third kappa shape index (κ3) is 4.48. The topological polar surface area (TPSA) is 66.8 Å². The van der Waals surface area contributed by atoms with Crippen molar-refractivity contribution in [3.05, 3.63) is 24.3 Å². The molecular weight excluding hydrogens is 282 g/mol. The van der Waals surface area contributed by atoms with E-state index in [0.29, 0.717) is 5.75 Å². The van der Waals surface area contributed by atoms with Crippen LogP contribution >= 0.6 is 0 Å². The van der Waals surface area contributed by atoms with Gasteiger partial charge in [0.1, 0.15) is 5.75 Å². The fourth-order valence-electron chi connectivity index (χ4n) is 2.84. The zero-order valence-corrected chi connectivity index (χ0v) is 13.0. The summed E-state index contributed by atoms with van der Waals surface area (Å²) < 4.78 is 5.09. The van der Waals surface area contributed by atoms with Crippen molar-refractivity contribution in [1.82, 2.24) is 0 Å². The van der Waals surface area contributed by atoms with Gasteiger partial charge in [-0.15, -0.1) is 0 Å². The summed E-state index contributed by atoms with van der Waals surface area (Å²) in [6.45, 7) is -0.365. The highest BCUT2D eigenvalue weighted by Crippen LogP contribution is 2.27. The van der Waals surface area contributed by atoms with Gasteiger partial charge in [-0.25, -0.2) is 4.79 Å². The fourth-order valence-corrected chi connectivity index (χ4v) is 2.84. The second kappa shape index (κ2) is 7.82. The lowest BCUT2D eigenvalue weighted by molar-refractivity contribution is -0.139. The Kier molecular flexibility index (Phi) is 5.81. The normalized spacial score (nSPS) is 15.9. The predicted octanol–water partition coefficient (Wildman–Crippen LogP) is 3.08. The van der Waals surface area contributed by atoms with Gasteiger partial charge in [-0.05, 0) is 37.1 Å². The summed E-state index contributed by atoms with van der Waals surface area (Å²) in [6.07, 6.45) is 6.66. The summed E-state index contributed by atoms with van der Waals surface area (Å²) >= 11 is 0. The lowest BCUT2D eigenvalue weighted by Crippen LogP contribution is -2.32. The number of rotatable bonds is 5. The number of carboxylic acids is 1. The summed E-state index contributed by atoms with van der Waals surface area (Å²) in [6, 6.07) is 6.95. The number of hydrogen-bond acceptors (Lipinski definition) is 3. The first-order valence-corrected chi connectivity index (χ1v) is 7.80. The number of aliphatic carboxylic acids is 1. The fraction of sp³-hybridized carbons (Fsp3) is 0.529. The Morgan fingerprint density at radius 2 is 1.73 bits per heavy atom. The second-order valence-electron chi connectivity index (χ2n) is 5.76. The largest absolute Gasteiger partial charge is 0.482 e. The van der Waals surface area contributed by atoms with Gasteiger partial charge in [-0.1, -0.05) is 25.7 Å². The number of nitrogens with zero attached hydrogens (tertiary/aromatic N) is 1. The molecule has 1 fully saturated rings. The Hall–Kier alpha value is -2.04. The summed E-state index contributed by atoms with van der Waals surface area (Å²) in [4.78, 5) is 24.7. The zero-order valence-electron chi connectivity index (χ0n) is 13.0. The first-order chi connectivity index (χ1) is 10.6. The summed E-state index contributed by atoms with van der Waals surface area (Å²) in [5.41, 5.74) is 0.803. The van der Waals surface area contributed by atoms with Crippen LogP contribution in [0.1, 0.15) is 38.5 Å². The molecule has 0 heterocycles. The van der Waals surface area contributed by atoms with E-state index in [9.17, 15) is 9.59 Å². The lowest BCUT2D eigenvalue weighted by Gasteiger charge is -2.23. The number of carbonyl (C=O) groups excluding carboxylic acids is 1. The predicted molar refractivity (Wildman–Crippen MR) is 84.2 cm³/mol. The van der Waals surface area contributed by atoms with E-state index in [0.717, 1.165) is 31.4 Å². The zero-order chi connectivity index (χ0) is 15.9. The standard InChI is InChI=1S/C17H23NO4/c1-18(17(21)13-6-4-2-3-5-7-13)14-8-10-15(11-9-14)22-12-16(19)20/h8-11,13H,2-7,12H2,1H3,(H,19,20). The van der Waals surface area contributed by atoms with Crippen molar-refractivity contribution in [2.45, 2.75) is 38.5 Å². The highest BCUT2D eigenvalue weighted by molar-refractivity contribution is 5.94. The molecule has 0 aromatic heterocycles. The van der Waals surface area contributed by atoms with Crippen molar-refractivity contribution >= 4 is 17.6 Å². The quantitative estimate of drug-likeness (QED) is 0.849. The molecule has 1 aromatic rings. The van der Waals surface area contributed by atoms with Crippen molar-refractivity contribution in [3.63, 3.8) is 0 Å². The molecule has 0 atom stereocenters. The molecule has 120 valence electrons. The number of anilines is 1. The van der Waals surface area contributed by atoms with Crippen LogP contribution in [-0.2, 0) is 9.59 Å². The Morgan fingerprint density at radius 1 is 1.14 bits per heavy atom. The highest BCUT2D eigenvalue weighted by atomic mass is 16.5. The molecule has 0 unspecified atom stereocenters. The molecule has 1 saturated carbocycles. The maximum absolute atomic E-state index is 12.6. The number of benzene rings is 1. The van der Waals surface area contributed by atoms with Crippen LogP contribution < -0.4 is 9.64 Å². The van der Waals surface area contributed by atoms with Crippen molar-refractivity contribution < 1.29 is 19.4 Å². The number of ether oxygens (including phenoxy) is 1. The molecule has 1 aliphatic rings. The number of hydrogen-bond donors (Lipinski definition) is 1. The van der Waals surface area contributed by atoms with Crippen LogP contribution in [0, 0.1) is 5.92 Å². The molecule has 5 heteroatoms. The van der Waals surface area contributed by atoms with Gasteiger partial charge < -0.3 is 14.7 Å². The molecular formula is C17H23NO4. The molecule has 0 spiro atoms. The minimum atomic E-state index is -1.01. The van der Waals surface area contributed by atoms with Crippen LogP contribution in [0.3, 0.4) is 0 Å². The number of amides is 1. The summed E-state index contributed by atoms with van der Waals surface area (Å²) in [7, 11) is 1.79. The van der Waals surface area contributed by atoms with Gasteiger partial charge in [0.2, 0.25) is 5.91 Å². The van der Waals surface area contributed by atoms with Crippen LogP contribution in [0.15, 0.2) is 24.3 Å².